The van der Waals surface area contributed by atoms with Crippen LogP contribution in [0.4, 0.5) is 23.2 Å². The van der Waals surface area contributed by atoms with Crippen LogP contribution >= 0.6 is 0 Å². The third-order valence-electron chi connectivity index (χ3n) is 3.45. The summed E-state index contributed by atoms with van der Waals surface area (Å²) in [6, 6.07) is -0.159. The second-order valence-electron chi connectivity index (χ2n) is 4.65. The van der Waals surface area contributed by atoms with Gasteiger partial charge in [-0.3, -0.25) is 0 Å². The van der Waals surface area contributed by atoms with Gasteiger partial charge in [-0.05, 0) is 12.8 Å². The summed E-state index contributed by atoms with van der Waals surface area (Å²) in [6.07, 6.45) is 2.99. The maximum atomic E-state index is 13.5. The highest BCUT2D eigenvalue weighted by molar-refractivity contribution is 5.48. The molecule has 0 aliphatic heterocycles. The van der Waals surface area contributed by atoms with E-state index in [9.17, 15) is 17.6 Å². The number of ether oxygens (including phenoxy) is 1. The van der Waals surface area contributed by atoms with Crippen LogP contribution in [0.2, 0.25) is 0 Å². The van der Waals surface area contributed by atoms with Crippen molar-refractivity contribution in [1.29, 1.82) is 0 Å². The summed E-state index contributed by atoms with van der Waals surface area (Å²) in [7, 11) is 1.50. The number of rotatable bonds is 3. The Hall–Kier alpha value is -1.30. The molecule has 0 radical (unpaired) electrons. The zero-order valence-electron chi connectivity index (χ0n) is 10.5. The average molecular weight is 277 g/mol. The monoisotopic (exact) mass is 277 g/mol. The molecule has 19 heavy (non-hydrogen) atoms. The Bertz CT molecular complexity index is 440. The standard InChI is InChI=1S/C13H15F4NO/c1-19-10-5-3-2-4-9(10)18-13-11(16)7(14)6-8(15)12(13)17/h6,9-10,18H,2-5H2,1H3. The maximum absolute atomic E-state index is 13.5. The largest absolute Gasteiger partial charge is 0.379 e. The van der Waals surface area contributed by atoms with Gasteiger partial charge in [-0.25, -0.2) is 17.6 Å². The summed E-state index contributed by atoms with van der Waals surface area (Å²) in [6.45, 7) is 0. The average Bonchev–Trinajstić information content (AvgIpc) is 2.42. The van der Waals surface area contributed by atoms with E-state index < -0.39 is 29.0 Å². The van der Waals surface area contributed by atoms with E-state index in [-0.39, 0.29) is 18.2 Å². The molecule has 2 unspecified atom stereocenters. The summed E-state index contributed by atoms with van der Waals surface area (Å²) in [5.74, 6) is -5.63. The lowest BCUT2D eigenvalue weighted by molar-refractivity contribution is 0.0604. The van der Waals surface area contributed by atoms with Gasteiger partial charge in [0.1, 0.15) is 5.69 Å². The molecule has 6 heteroatoms. The predicted molar refractivity (Wildman–Crippen MR) is 62.9 cm³/mol. The van der Waals surface area contributed by atoms with Crippen molar-refractivity contribution in [1.82, 2.24) is 0 Å². The molecule has 106 valence electrons. The van der Waals surface area contributed by atoms with Gasteiger partial charge in [-0.1, -0.05) is 12.8 Å². The lowest BCUT2D eigenvalue weighted by Crippen LogP contribution is -2.38. The topological polar surface area (TPSA) is 21.3 Å². The number of benzene rings is 1. The Morgan fingerprint density at radius 3 is 2.21 bits per heavy atom. The number of hydrogen-bond acceptors (Lipinski definition) is 2. The number of anilines is 1. The minimum Gasteiger partial charge on any atom is -0.379 e. The zero-order valence-corrected chi connectivity index (χ0v) is 10.5. The van der Waals surface area contributed by atoms with E-state index in [0.717, 1.165) is 19.3 Å². The van der Waals surface area contributed by atoms with Crippen molar-refractivity contribution in [2.45, 2.75) is 37.8 Å². The Morgan fingerprint density at radius 1 is 1.05 bits per heavy atom. The number of methoxy groups -OCH3 is 1. The summed E-state index contributed by atoms with van der Waals surface area (Å²) < 4.78 is 58.5. The van der Waals surface area contributed by atoms with Crippen LogP contribution in [0.1, 0.15) is 25.7 Å². The van der Waals surface area contributed by atoms with E-state index in [4.69, 9.17) is 4.74 Å². The maximum Gasteiger partial charge on any atom is 0.185 e. The molecule has 0 bridgehead atoms. The Morgan fingerprint density at radius 2 is 1.63 bits per heavy atom. The molecule has 0 aromatic heterocycles. The van der Waals surface area contributed by atoms with Crippen LogP contribution in [0.25, 0.3) is 0 Å². The Labute approximate surface area is 108 Å². The van der Waals surface area contributed by atoms with Crippen LogP contribution < -0.4 is 5.32 Å². The SMILES string of the molecule is COC1CCCCC1Nc1c(F)c(F)cc(F)c1F. The van der Waals surface area contributed by atoms with Crippen LogP contribution in [0.3, 0.4) is 0 Å². The molecule has 2 atom stereocenters. The van der Waals surface area contributed by atoms with E-state index in [2.05, 4.69) is 5.32 Å². The molecule has 1 saturated carbocycles. The van der Waals surface area contributed by atoms with Gasteiger partial charge in [-0.2, -0.15) is 0 Å². The molecule has 1 aliphatic carbocycles. The number of halogens is 4. The van der Waals surface area contributed by atoms with E-state index in [1.54, 1.807) is 0 Å². The number of hydrogen-bond donors (Lipinski definition) is 1. The van der Waals surface area contributed by atoms with E-state index >= 15 is 0 Å². The van der Waals surface area contributed by atoms with Crippen molar-refractivity contribution >= 4 is 5.69 Å². The molecule has 0 amide bonds. The second-order valence-corrected chi connectivity index (χ2v) is 4.65. The van der Waals surface area contributed by atoms with E-state index in [0.29, 0.717) is 6.42 Å². The lowest BCUT2D eigenvalue weighted by Gasteiger charge is -2.32. The van der Waals surface area contributed by atoms with Crippen LogP contribution in [0, 0.1) is 23.3 Å². The summed E-state index contributed by atoms with van der Waals surface area (Å²) >= 11 is 0. The van der Waals surface area contributed by atoms with Crippen molar-refractivity contribution in [3.63, 3.8) is 0 Å². The van der Waals surface area contributed by atoms with Gasteiger partial charge in [0.15, 0.2) is 23.3 Å². The fourth-order valence-corrected chi connectivity index (χ4v) is 2.43. The number of nitrogens with one attached hydrogen (secondary N) is 1. The third kappa shape index (κ3) is 2.83. The molecule has 2 nitrogen and oxygen atoms in total. The molecular formula is C13H15F4NO. The van der Waals surface area contributed by atoms with Crippen molar-refractivity contribution < 1.29 is 22.3 Å². The first kappa shape index (κ1) is 14.1. The van der Waals surface area contributed by atoms with Gasteiger partial charge in [0.05, 0.1) is 12.1 Å². The van der Waals surface area contributed by atoms with Crippen molar-refractivity contribution in [3.8, 4) is 0 Å². The van der Waals surface area contributed by atoms with E-state index in [1.807, 2.05) is 0 Å². The smallest absolute Gasteiger partial charge is 0.185 e. The molecule has 0 heterocycles. The molecule has 2 rings (SSSR count). The van der Waals surface area contributed by atoms with Gasteiger partial charge < -0.3 is 10.1 Å². The van der Waals surface area contributed by atoms with Gasteiger partial charge in [0.2, 0.25) is 0 Å². The summed E-state index contributed by atoms with van der Waals surface area (Å²) in [5.41, 5.74) is -0.758. The van der Waals surface area contributed by atoms with Crippen LogP contribution in [-0.2, 0) is 4.74 Å². The predicted octanol–water partition coefficient (Wildman–Crippen LogP) is 3.61. The fraction of sp³-hybridized carbons (Fsp3) is 0.538. The summed E-state index contributed by atoms with van der Waals surface area (Å²) in [4.78, 5) is 0. The normalized spacial score (nSPS) is 23.4. The minimum atomic E-state index is -1.41. The fourth-order valence-electron chi connectivity index (χ4n) is 2.43. The second kappa shape index (κ2) is 5.77. The van der Waals surface area contributed by atoms with Crippen molar-refractivity contribution in [2.75, 3.05) is 12.4 Å². The molecule has 1 aromatic carbocycles. The molecule has 1 aromatic rings. The molecule has 0 saturated heterocycles. The highest BCUT2D eigenvalue weighted by Crippen LogP contribution is 2.29. The summed E-state index contributed by atoms with van der Waals surface area (Å²) in [5, 5.41) is 2.55. The first-order chi connectivity index (χ1) is 9.04. The third-order valence-corrected chi connectivity index (χ3v) is 3.45. The van der Waals surface area contributed by atoms with E-state index in [1.165, 1.54) is 7.11 Å². The highest BCUT2D eigenvalue weighted by atomic mass is 19.2. The van der Waals surface area contributed by atoms with Gasteiger partial charge in [-0.15, -0.1) is 0 Å². The molecule has 1 fully saturated rings. The first-order valence-corrected chi connectivity index (χ1v) is 6.17. The first-order valence-electron chi connectivity index (χ1n) is 6.17. The van der Waals surface area contributed by atoms with Gasteiger partial charge >= 0.3 is 0 Å². The van der Waals surface area contributed by atoms with Crippen LogP contribution in [0.15, 0.2) is 6.07 Å². The van der Waals surface area contributed by atoms with Crippen molar-refractivity contribution in [2.24, 2.45) is 0 Å². The Balaban J connectivity index is 2.27. The minimum absolute atomic E-state index is 0.199. The highest BCUT2D eigenvalue weighted by Gasteiger charge is 2.28. The van der Waals surface area contributed by atoms with Crippen molar-refractivity contribution in [3.05, 3.63) is 29.3 Å². The molecule has 1 aliphatic rings. The Kier molecular flexibility index (Phi) is 4.29. The molecular weight excluding hydrogens is 262 g/mol. The van der Waals surface area contributed by atoms with Crippen LogP contribution in [0.5, 0.6) is 0 Å². The van der Waals surface area contributed by atoms with Gasteiger partial charge in [0, 0.05) is 13.2 Å². The van der Waals surface area contributed by atoms with Gasteiger partial charge in [0.25, 0.3) is 0 Å². The lowest BCUT2D eigenvalue weighted by atomic mass is 9.92. The molecule has 1 N–H and O–H groups in total. The quantitative estimate of drug-likeness (QED) is 0.673. The zero-order chi connectivity index (χ0) is 14.0. The van der Waals surface area contributed by atoms with Crippen LogP contribution in [-0.4, -0.2) is 19.3 Å². The molecule has 0 spiro atoms.